The molecule has 0 unspecified atom stereocenters. The highest BCUT2D eigenvalue weighted by atomic mass is 19.1. The molecule has 1 aromatic heterocycles. The molecular weight excluding hydrogens is 256 g/mol. The highest BCUT2D eigenvalue weighted by Crippen LogP contribution is 2.28. The first-order chi connectivity index (χ1) is 9.04. The van der Waals surface area contributed by atoms with Crippen LogP contribution in [0, 0.1) is 18.6 Å². The van der Waals surface area contributed by atoms with Crippen LogP contribution in [0.4, 0.5) is 8.78 Å². The van der Waals surface area contributed by atoms with E-state index in [0.717, 1.165) is 12.5 Å². The van der Waals surface area contributed by atoms with Crippen LogP contribution in [0.5, 0.6) is 0 Å². The first kappa shape index (κ1) is 13.2. The number of oxazole rings is 1. The number of nitrogens with zero attached hydrogens (tertiary/aromatic N) is 1. The van der Waals surface area contributed by atoms with Crippen molar-refractivity contribution >= 4 is 5.97 Å². The van der Waals surface area contributed by atoms with Crippen molar-refractivity contribution in [1.82, 2.24) is 4.98 Å². The molecule has 19 heavy (non-hydrogen) atoms. The van der Waals surface area contributed by atoms with Crippen molar-refractivity contribution in [2.45, 2.75) is 13.8 Å². The number of aryl methyl sites for hydroxylation is 1. The zero-order valence-corrected chi connectivity index (χ0v) is 10.4. The number of benzene rings is 1. The zero-order valence-electron chi connectivity index (χ0n) is 10.4. The van der Waals surface area contributed by atoms with Crippen LogP contribution in [0.25, 0.3) is 11.3 Å². The van der Waals surface area contributed by atoms with Crippen molar-refractivity contribution in [3.05, 3.63) is 41.4 Å². The van der Waals surface area contributed by atoms with Gasteiger partial charge in [0.2, 0.25) is 0 Å². The standard InChI is InChI=1S/C13H11F2NO3/c1-3-18-13(17)11-12(19-6-16-11)8-4-7(2)9(14)5-10(8)15/h4-6H,3H2,1-2H3. The fraction of sp³-hybridized carbons (Fsp3) is 0.231. The Hall–Kier alpha value is -2.24. The van der Waals surface area contributed by atoms with Gasteiger partial charge in [-0.25, -0.2) is 18.6 Å². The molecule has 1 heterocycles. The topological polar surface area (TPSA) is 52.3 Å². The minimum Gasteiger partial charge on any atom is -0.461 e. The Morgan fingerprint density at radius 1 is 1.37 bits per heavy atom. The number of hydrogen-bond acceptors (Lipinski definition) is 4. The summed E-state index contributed by atoms with van der Waals surface area (Å²) in [5.74, 6) is -2.28. The third-order valence-electron chi connectivity index (χ3n) is 2.53. The second kappa shape index (κ2) is 5.17. The molecule has 0 atom stereocenters. The molecule has 2 rings (SSSR count). The van der Waals surface area contributed by atoms with Crippen LogP contribution >= 0.6 is 0 Å². The number of halogens is 2. The first-order valence-corrected chi connectivity index (χ1v) is 5.61. The summed E-state index contributed by atoms with van der Waals surface area (Å²) < 4.78 is 36.8. The van der Waals surface area contributed by atoms with Crippen LogP contribution in [0.1, 0.15) is 23.0 Å². The number of esters is 1. The average Bonchev–Trinajstić information content (AvgIpc) is 2.83. The summed E-state index contributed by atoms with van der Waals surface area (Å²) >= 11 is 0. The van der Waals surface area contributed by atoms with E-state index >= 15 is 0 Å². The fourth-order valence-electron chi connectivity index (χ4n) is 1.61. The van der Waals surface area contributed by atoms with Gasteiger partial charge >= 0.3 is 5.97 Å². The second-order valence-corrected chi connectivity index (χ2v) is 3.83. The number of carbonyl (C=O) groups excluding carboxylic acids is 1. The van der Waals surface area contributed by atoms with Crippen molar-refractivity contribution < 1.29 is 22.7 Å². The number of carbonyl (C=O) groups is 1. The van der Waals surface area contributed by atoms with E-state index in [1.165, 1.54) is 13.0 Å². The highest BCUT2D eigenvalue weighted by molar-refractivity contribution is 5.93. The minimum absolute atomic E-state index is 0.0283. The van der Waals surface area contributed by atoms with Crippen LogP contribution in [0.3, 0.4) is 0 Å². The number of ether oxygens (including phenoxy) is 1. The average molecular weight is 267 g/mol. The van der Waals surface area contributed by atoms with Crippen LogP contribution in [-0.4, -0.2) is 17.6 Å². The lowest BCUT2D eigenvalue weighted by molar-refractivity contribution is 0.0520. The molecule has 0 aliphatic carbocycles. The molecule has 0 aliphatic heterocycles. The second-order valence-electron chi connectivity index (χ2n) is 3.83. The van der Waals surface area contributed by atoms with E-state index in [-0.39, 0.29) is 29.2 Å². The number of rotatable bonds is 3. The maximum absolute atomic E-state index is 13.7. The van der Waals surface area contributed by atoms with Crippen molar-refractivity contribution in [3.8, 4) is 11.3 Å². The van der Waals surface area contributed by atoms with Crippen molar-refractivity contribution in [2.75, 3.05) is 6.61 Å². The van der Waals surface area contributed by atoms with Crippen molar-refractivity contribution in [1.29, 1.82) is 0 Å². The fourth-order valence-corrected chi connectivity index (χ4v) is 1.61. The molecule has 6 heteroatoms. The summed E-state index contributed by atoms with van der Waals surface area (Å²) in [7, 11) is 0. The molecule has 2 aromatic rings. The molecule has 0 amide bonds. The SMILES string of the molecule is CCOC(=O)c1ncoc1-c1cc(C)c(F)cc1F. The van der Waals surface area contributed by atoms with E-state index in [0.29, 0.717) is 0 Å². The normalized spacial score (nSPS) is 10.5. The van der Waals surface area contributed by atoms with Crippen molar-refractivity contribution in [2.24, 2.45) is 0 Å². The third-order valence-corrected chi connectivity index (χ3v) is 2.53. The van der Waals surface area contributed by atoms with Crippen LogP contribution < -0.4 is 0 Å². The molecule has 0 aliphatic rings. The van der Waals surface area contributed by atoms with Gasteiger partial charge in [0, 0.05) is 6.07 Å². The van der Waals surface area contributed by atoms with Gasteiger partial charge in [-0.2, -0.15) is 0 Å². The Kier molecular flexibility index (Phi) is 3.59. The van der Waals surface area contributed by atoms with E-state index < -0.39 is 17.6 Å². The first-order valence-electron chi connectivity index (χ1n) is 5.61. The van der Waals surface area contributed by atoms with Crippen LogP contribution in [0.2, 0.25) is 0 Å². The molecule has 0 saturated heterocycles. The zero-order chi connectivity index (χ0) is 14.0. The van der Waals surface area contributed by atoms with Gasteiger partial charge in [0.15, 0.2) is 17.8 Å². The van der Waals surface area contributed by atoms with Gasteiger partial charge in [0.1, 0.15) is 11.6 Å². The Morgan fingerprint density at radius 3 is 2.79 bits per heavy atom. The summed E-state index contributed by atoms with van der Waals surface area (Å²) in [5, 5.41) is 0. The van der Waals surface area contributed by atoms with Crippen molar-refractivity contribution in [3.63, 3.8) is 0 Å². The largest absolute Gasteiger partial charge is 0.461 e. The lowest BCUT2D eigenvalue weighted by Crippen LogP contribution is -2.07. The summed E-state index contributed by atoms with van der Waals surface area (Å²) in [6.45, 7) is 3.29. The van der Waals surface area contributed by atoms with Gasteiger partial charge in [-0.1, -0.05) is 0 Å². The van der Waals surface area contributed by atoms with Gasteiger partial charge in [-0.05, 0) is 25.5 Å². The van der Waals surface area contributed by atoms with Gasteiger partial charge < -0.3 is 9.15 Å². The Balaban J connectivity index is 2.51. The van der Waals surface area contributed by atoms with Gasteiger partial charge in [-0.15, -0.1) is 0 Å². The van der Waals surface area contributed by atoms with E-state index in [4.69, 9.17) is 9.15 Å². The minimum atomic E-state index is -0.828. The molecule has 0 radical (unpaired) electrons. The lowest BCUT2D eigenvalue weighted by Gasteiger charge is -2.05. The van der Waals surface area contributed by atoms with E-state index in [1.54, 1.807) is 6.92 Å². The molecule has 4 nitrogen and oxygen atoms in total. The maximum atomic E-state index is 13.7. The predicted molar refractivity (Wildman–Crippen MR) is 62.5 cm³/mol. The molecule has 0 bridgehead atoms. The molecule has 0 spiro atoms. The van der Waals surface area contributed by atoms with E-state index in [1.807, 2.05) is 0 Å². The number of hydrogen-bond donors (Lipinski definition) is 0. The van der Waals surface area contributed by atoms with E-state index in [9.17, 15) is 13.6 Å². The van der Waals surface area contributed by atoms with Crippen LogP contribution in [0.15, 0.2) is 22.9 Å². The van der Waals surface area contributed by atoms with Crippen LogP contribution in [-0.2, 0) is 4.74 Å². The molecule has 0 saturated carbocycles. The molecule has 100 valence electrons. The maximum Gasteiger partial charge on any atom is 0.360 e. The summed E-state index contributed by atoms with van der Waals surface area (Å²) in [5.41, 5.74) is 0.0776. The quantitative estimate of drug-likeness (QED) is 0.802. The van der Waals surface area contributed by atoms with E-state index in [2.05, 4.69) is 4.98 Å². The van der Waals surface area contributed by atoms with Gasteiger partial charge in [0.05, 0.1) is 12.2 Å². The third kappa shape index (κ3) is 2.47. The summed E-state index contributed by atoms with van der Waals surface area (Å²) in [4.78, 5) is 15.3. The Labute approximate surface area is 108 Å². The summed E-state index contributed by atoms with van der Waals surface area (Å²) in [6, 6.07) is 2.00. The Bertz CT molecular complexity index is 622. The van der Waals surface area contributed by atoms with Gasteiger partial charge in [0.25, 0.3) is 0 Å². The predicted octanol–water partition coefficient (Wildman–Crippen LogP) is 3.10. The molecular formula is C13H11F2NO3. The molecule has 0 N–H and O–H groups in total. The lowest BCUT2D eigenvalue weighted by atomic mass is 10.1. The molecule has 0 fully saturated rings. The number of aromatic nitrogens is 1. The smallest absolute Gasteiger partial charge is 0.360 e. The monoisotopic (exact) mass is 267 g/mol. The van der Waals surface area contributed by atoms with Gasteiger partial charge in [-0.3, -0.25) is 0 Å². The molecule has 1 aromatic carbocycles. The summed E-state index contributed by atoms with van der Waals surface area (Å²) in [6.07, 6.45) is 1.01. The Morgan fingerprint density at radius 2 is 2.11 bits per heavy atom. The highest BCUT2D eigenvalue weighted by Gasteiger charge is 2.22.